The standard InChI is InChI=1S/C15H30N2O2/c1-12(2)8-17(9-13(3)4)15(19)11-16-7-5-6-14(18)10-16/h12-14,18H,5-11H2,1-4H3/t14-/m0/s1. The molecule has 1 amide bonds. The summed E-state index contributed by atoms with van der Waals surface area (Å²) in [5, 5.41) is 9.66. The van der Waals surface area contributed by atoms with Crippen molar-refractivity contribution < 1.29 is 9.90 Å². The third-order valence-electron chi connectivity index (χ3n) is 3.36. The van der Waals surface area contributed by atoms with Gasteiger partial charge in [-0.1, -0.05) is 27.7 Å². The van der Waals surface area contributed by atoms with Gasteiger partial charge in [0.25, 0.3) is 0 Å². The lowest BCUT2D eigenvalue weighted by Crippen LogP contribution is -2.47. The largest absolute Gasteiger partial charge is 0.392 e. The monoisotopic (exact) mass is 270 g/mol. The summed E-state index contributed by atoms with van der Waals surface area (Å²) in [6.07, 6.45) is 1.60. The Balaban J connectivity index is 2.50. The van der Waals surface area contributed by atoms with Gasteiger partial charge in [0, 0.05) is 19.6 Å². The Morgan fingerprint density at radius 2 is 1.84 bits per heavy atom. The number of β-amino-alcohol motifs (C(OH)–C–C–N with tert-alkyl or cyclic N) is 1. The highest BCUT2D eigenvalue weighted by Gasteiger charge is 2.23. The molecule has 0 spiro atoms. The maximum absolute atomic E-state index is 12.4. The van der Waals surface area contributed by atoms with Crippen LogP contribution in [0.1, 0.15) is 40.5 Å². The van der Waals surface area contributed by atoms with Gasteiger partial charge in [-0.25, -0.2) is 0 Å². The Hall–Kier alpha value is -0.610. The molecule has 0 aliphatic carbocycles. The number of piperidine rings is 1. The van der Waals surface area contributed by atoms with E-state index in [0.717, 1.165) is 32.5 Å². The molecule has 0 saturated carbocycles. The molecule has 0 aromatic heterocycles. The van der Waals surface area contributed by atoms with E-state index in [1.807, 2.05) is 4.90 Å². The van der Waals surface area contributed by atoms with Crippen molar-refractivity contribution in [2.75, 3.05) is 32.7 Å². The quantitative estimate of drug-likeness (QED) is 0.797. The summed E-state index contributed by atoms with van der Waals surface area (Å²) < 4.78 is 0. The minimum Gasteiger partial charge on any atom is -0.392 e. The van der Waals surface area contributed by atoms with Crippen LogP contribution in [0, 0.1) is 11.8 Å². The number of likely N-dealkylation sites (tertiary alicyclic amines) is 1. The van der Waals surface area contributed by atoms with Crippen molar-refractivity contribution >= 4 is 5.91 Å². The zero-order valence-electron chi connectivity index (χ0n) is 12.9. The predicted octanol–water partition coefficient (Wildman–Crippen LogP) is 1.58. The van der Waals surface area contributed by atoms with Crippen LogP contribution in [0.5, 0.6) is 0 Å². The molecular weight excluding hydrogens is 240 g/mol. The van der Waals surface area contributed by atoms with Crippen LogP contribution in [0.3, 0.4) is 0 Å². The average Bonchev–Trinajstić information content (AvgIpc) is 2.26. The number of aliphatic hydroxyl groups is 1. The lowest BCUT2D eigenvalue weighted by molar-refractivity contribution is -0.134. The molecule has 4 heteroatoms. The normalized spacial score (nSPS) is 21.1. The van der Waals surface area contributed by atoms with Crippen molar-refractivity contribution in [3.05, 3.63) is 0 Å². The molecule has 0 radical (unpaired) electrons. The van der Waals surface area contributed by atoms with E-state index in [4.69, 9.17) is 0 Å². The fraction of sp³-hybridized carbons (Fsp3) is 0.933. The molecule has 0 unspecified atom stereocenters. The van der Waals surface area contributed by atoms with Crippen LogP contribution in [0.2, 0.25) is 0 Å². The first-order valence-electron chi connectivity index (χ1n) is 7.56. The predicted molar refractivity (Wildman–Crippen MR) is 77.9 cm³/mol. The number of amides is 1. The first kappa shape index (κ1) is 16.4. The Morgan fingerprint density at radius 3 is 2.32 bits per heavy atom. The van der Waals surface area contributed by atoms with Crippen LogP contribution in [-0.2, 0) is 4.79 Å². The van der Waals surface area contributed by atoms with Crippen molar-refractivity contribution in [1.29, 1.82) is 0 Å². The molecule has 1 aliphatic heterocycles. The molecule has 4 nitrogen and oxygen atoms in total. The van der Waals surface area contributed by atoms with Gasteiger partial charge in [0.05, 0.1) is 12.6 Å². The SMILES string of the molecule is CC(C)CN(CC(C)C)C(=O)CN1CCC[C@H](O)C1. The first-order valence-corrected chi connectivity index (χ1v) is 7.56. The third-order valence-corrected chi connectivity index (χ3v) is 3.36. The van der Waals surface area contributed by atoms with E-state index in [9.17, 15) is 9.90 Å². The maximum Gasteiger partial charge on any atom is 0.236 e. The summed E-state index contributed by atoms with van der Waals surface area (Å²) >= 11 is 0. The molecular formula is C15H30N2O2. The summed E-state index contributed by atoms with van der Waals surface area (Å²) in [5.41, 5.74) is 0. The number of carbonyl (C=O) groups excluding carboxylic acids is 1. The van der Waals surface area contributed by atoms with E-state index >= 15 is 0 Å². The molecule has 0 bridgehead atoms. The van der Waals surface area contributed by atoms with E-state index in [0.29, 0.717) is 24.9 Å². The summed E-state index contributed by atoms with van der Waals surface area (Å²) in [4.78, 5) is 16.5. The lowest BCUT2D eigenvalue weighted by atomic mass is 10.1. The molecule has 1 aliphatic rings. The van der Waals surface area contributed by atoms with E-state index in [1.165, 1.54) is 0 Å². The highest BCUT2D eigenvalue weighted by atomic mass is 16.3. The number of aliphatic hydroxyl groups excluding tert-OH is 1. The van der Waals surface area contributed by atoms with Gasteiger partial charge in [0.2, 0.25) is 5.91 Å². The molecule has 1 fully saturated rings. The summed E-state index contributed by atoms with van der Waals surface area (Å²) in [5.74, 6) is 1.20. The minimum atomic E-state index is -0.259. The second-order valence-electron chi connectivity index (χ2n) is 6.62. The van der Waals surface area contributed by atoms with Crippen LogP contribution in [-0.4, -0.2) is 59.6 Å². The van der Waals surface area contributed by atoms with Crippen LogP contribution in [0.15, 0.2) is 0 Å². The Morgan fingerprint density at radius 1 is 1.26 bits per heavy atom. The van der Waals surface area contributed by atoms with Gasteiger partial charge in [0.15, 0.2) is 0 Å². The molecule has 19 heavy (non-hydrogen) atoms. The fourth-order valence-electron chi connectivity index (χ4n) is 2.63. The minimum absolute atomic E-state index is 0.205. The van der Waals surface area contributed by atoms with E-state index in [1.54, 1.807) is 0 Å². The number of hydrogen-bond acceptors (Lipinski definition) is 3. The maximum atomic E-state index is 12.4. The zero-order chi connectivity index (χ0) is 14.4. The van der Waals surface area contributed by atoms with Crippen LogP contribution in [0.25, 0.3) is 0 Å². The molecule has 1 rings (SSSR count). The summed E-state index contributed by atoms with van der Waals surface area (Å²) in [6.45, 7) is 12.3. The van der Waals surface area contributed by atoms with Gasteiger partial charge in [-0.3, -0.25) is 9.69 Å². The molecule has 1 N–H and O–H groups in total. The van der Waals surface area contributed by atoms with Crippen molar-refractivity contribution in [3.63, 3.8) is 0 Å². The Bertz CT molecular complexity index is 269. The van der Waals surface area contributed by atoms with Crippen LogP contribution >= 0.6 is 0 Å². The summed E-state index contributed by atoms with van der Waals surface area (Å²) in [6, 6.07) is 0. The number of rotatable bonds is 6. The van der Waals surface area contributed by atoms with Gasteiger partial charge in [-0.2, -0.15) is 0 Å². The van der Waals surface area contributed by atoms with Gasteiger partial charge in [-0.05, 0) is 31.2 Å². The van der Waals surface area contributed by atoms with Gasteiger partial charge in [-0.15, -0.1) is 0 Å². The molecule has 112 valence electrons. The van der Waals surface area contributed by atoms with Crippen molar-refractivity contribution in [1.82, 2.24) is 9.80 Å². The van der Waals surface area contributed by atoms with Gasteiger partial charge < -0.3 is 10.0 Å². The highest BCUT2D eigenvalue weighted by molar-refractivity contribution is 5.78. The number of hydrogen-bond donors (Lipinski definition) is 1. The zero-order valence-corrected chi connectivity index (χ0v) is 12.9. The molecule has 1 atom stereocenters. The average molecular weight is 270 g/mol. The fourth-order valence-corrected chi connectivity index (χ4v) is 2.63. The van der Waals surface area contributed by atoms with E-state index < -0.39 is 0 Å². The van der Waals surface area contributed by atoms with Gasteiger partial charge in [0.1, 0.15) is 0 Å². The molecule has 0 aromatic rings. The van der Waals surface area contributed by atoms with E-state index in [-0.39, 0.29) is 12.0 Å². The Kier molecular flexibility index (Phi) is 6.80. The molecule has 0 aromatic carbocycles. The molecule has 1 saturated heterocycles. The van der Waals surface area contributed by atoms with Crippen molar-refractivity contribution in [3.8, 4) is 0 Å². The second-order valence-corrected chi connectivity index (χ2v) is 6.62. The second kappa shape index (κ2) is 7.85. The molecule has 1 heterocycles. The first-order chi connectivity index (χ1) is 8.88. The number of carbonyl (C=O) groups is 1. The highest BCUT2D eigenvalue weighted by Crippen LogP contribution is 2.11. The van der Waals surface area contributed by atoms with Crippen molar-refractivity contribution in [2.24, 2.45) is 11.8 Å². The smallest absolute Gasteiger partial charge is 0.236 e. The van der Waals surface area contributed by atoms with Crippen LogP contribution in [0.4, 0.5) is 0 Å². The van der Waals surface area contributed by atoms with Gasteiger partial charge >= 0.3 is 0 Å². The number of nitrogens with zero attached hydrogens (tertiary/aromatic N) is 2. The van der Waals surface area contributed by atoms with Crippen molar-refractivity contribution in [2.45, 2.75) is 46.6 Å². The van der Waals surface area contributed by atoms with E-state index in [2.05, 4.69) is 32.6 Å². The lowest BCUT2D eigenvalue weighted by Gasteiger charge is -2.33. The summed E-state index contributed by atoms with van der Waals surface area (Å²) in [7, 11) is 0. The van der Waals surface area contributed by atoms with Crippen LogP contribution < -0.4 is 0 Å². The third kappa shape index (κ3) is 6.39. The Labute approximate surface area is 117 Å². The topological polar surface area (TPSA) is 43.8 Å².